The van der Waals surface area contributed by atoms with Crippen molar-refractivity contribution in [2.75, 3.05) is 26.2 Å². The molecule has 1 saturated heterocycles. The molecule has 0 radical (unpaired) electrons. The van der Waals surface area contributed by atoms with Crippen LogP contribution in [0.4, 0.5) is 10.1 Å². The van der Waals surface area contributed by atoms with Crippen LogP contribution in [0.15, 0.2) is 48.5 Å². The highest BCUT2D eigenvalue weighted by Gasteiger charge is 2.25. The van der Waals surface area contributed by atoms with Crippen LogP contribution in [0, 0.1) is 15.9 Å². The van der Waals surface area contributed by atoms with E-state index in [0.29, 0.717) is 18.7 Å². The van der Waals surface area contributed by atoms with E-state index < -0.39 is 4.92 Å². The Hall–Kier alpha value is -2.80. The van der Waals surface area contributed by atoms with Gasteiger partial charge in [0.1, 0.15) is 12.4 Å². The summed E-state index contributed by atoms with van der Waals surface area (Å²) < 4.78 is 13.3. The molecule has 2 aromatic carbocycles. The first-order valence-electron chi connectivity index (χ1n) is 8.14. The van der Waals surface area contributed by atoms with Crippen molar-refractivity contribution in [2.45, 2.75) is 6.54 Å². The number of hydrogen-bond acceptors (Lipinski definition) is 3. The van der Waals surface area contributed by atoms with Gasteiger partial charge in [0, 0.05) is 23.3 Å². The highest BCUT2D eigenvalue weighted by molar-refractivity contribution is 5.94. The molecule has 0 aliphatic carbocycles. The Morgan fingerprint density at radius 3 is 2.44 bits per heavy atom. The average molecular weight is 344 g/mol. The minimum absolute atomic E-state index is 0.0269. The predicted octanol–water partition coefficient (Wildman–Crippen LogP) is 1.27. The second-order valence-electron chi connectivity index (χ2n) is 6.15. The Morgan fingerprint density at radius 1 is 1.16 bits per heavy atom. The van der Waals surface area contributed by atoms with Crippen LogP contribution in [0.1, 0.15) is 15.9 Å². The number of hydrogen-bond donors (Lipinski definition) is 1. The molecule has 1 aliphatic rings. The molecule has 6 nitrogen and oxygen atoms in total. The Balaban J connectivity index is 1.56. The molecule has 1 N–H and O–H groups in total. The van der Waals surface area contributed by atoms with Crippen LogP contribution in [-0.2, 0) is 6.54 Å². The number of nitro benzene ring substituents is 1. The fourth-order valence-corrected chi connectivity index (χ4v) is 3.05. The van der Waals surface area contributed by atoms with Gasteiger partial charge in [-0.25, -0.2) is 4.39 Å². The molecule has 1 heterocycles. The number of carbonyl (C=O) groups excluding carboxylic acids is 1. The maximum atomic E-state index is 13.3. The van der Waals surface area contributed by atoms with Gasteiger partial charge in [-0.05, 0) is 24.3 Å². The van der Waals surface area contributed by atoms with Gasteiger partial charge < -0.3 is 9.80 Å². The van der Waals surface area contributed by atoms with Gasteiger partial charge in [-0.15, -0.1) is 0 Å². The number of nitrogens with zero attached hydrogens (tertiary/aromatic N) is 2. The third-order valence-electron chi connectivity index (χ3n) is 4.43. The van der Waals surface area contributed by atoms with Crippen molar-refractivity contribution in [2.24, 2.45) is 0 Å². The SMILES string of the molecule is O=C(c1ccc([N+](=O)[O-])cc1)N1CC[NH+](Cc2cccc(F)c2)CC1. The molecule has 0 aromatic heterocycles. The Labute approximate surface area is 144 Å². The summed E-state index contributed by atoms with van der Waals surface area (Å²) in [7, 11) is 0. The molecular formula is C18H19FN3O3+. The van der Waals surface area contributed by atoms with Crippen LogP contribution >= 0.6 is 0 Å². The summed E-state index contributed by atoms with van der Waals surface area (Å²) in [6.45, 7) is 3.53. The maximum absolute atomic E-state index is 13.3. The Bertz CT molecular complexity index is 771. The lowest BCUT2D eigenvalue weighted by Crippen LogP contribution is -3.13. The summed E-state index contributed by atoms with van der Waals surface area (Å²) in [4.78, 5) is 25.7. The number of amides is 1. The zero-order valence-corrected chi connectivity index (χ0v) is 13.7. The highest BCUT2D eigenvalue weighted by Crippen LogP contribution is 2.13. The lowest BCUT2D eigenvalue weighted by molar-refractivity contribution is -0.917. The van der Waals surface area contributed by atoms with Gasteiger partial charge in [0.2, 0.25) is 0 Å². The van der Waals surface area contributed by atoms with E-state index in [1.165, 1.54) is 35.2 Å². The van der Waals surface area contributed by atoms with Crippen molar-refractivity contribution in [3.8, 4) is 0 Å². The number of rotatable bonds is 4. The lowest BCUT2D eigenvalue weighted by atomic mass is 10.1. The number of nitrogens with one attached hydrogen (secondary N) is 1. The van der Waals surface area contributed by atoms with Crippen molar-refractivity contribution >= 4 is 11.6 Å². The van der Waals surface area contributed by atoms with E-state index in [-0.39, 0.29) is 17.4 Å². The lowest BCUT2D eigenvalue weighted by Gasteiger charge is -2.32. The van der Waals surface area contributed by atoms with Crippen molar-refractivity contribution in [1.29, 1.82) is 0 Å². The monoisotopic (exact) mass is 344 g/mol. The Kier molecular flexibility index (Phi) is 5.04. The van der Waals surface area contributed by atoms with E-state index in [0.717, 1.165) is 25.2 Å². The third-order valence-corrected chi connectivity index (χ3v) is 4.43. The van der Waals surface area contributed by atoms with Crippen LogP contribution < -0.4 is 4.90 Å². The van der Waals surface area contributed by atoms with Gasteiger partial charge in [-0.2, -0.15) is 0 Å². The molecule has 3 rings (SSSR count). The number of carbonyl (C=O) groups is 1. The molecule has 130 valence electrons. The topological polar surface area (TPSA) is 67.9 Å². The first-order chi connectivity index (χ1) is 12.0. The van der Waals surface area contributed by atoms with Gasteiger partial charge in [-0.3, -0.25) is 14.9 Å². The zero-order valence-electron chi connectivity index (χ0n) is 13.7. The Morgan fingerprint density at radius 2 is 1.84 bits per heavy atom. The van der Waals surface area contributed by atoms with E-state index in [1.807, 2.05) is 6.07 Å². The van der Waals surface area contributed by atoms with Gasteiger partial charge in [0.15, 0.2) is 0 Å². The largest absolute Gasteiger partial charge is 0.328 e. The summed E-state index contributed by atoms with van der Waals surface area (Å²) in [6.07, 6.45) is 0. The fourth-order valence-electron chi connectivity index (χ4n) is 3.05. The molecular weight excluding hydrogens is 325 g/mol. The molecule has 0 saturated carbocycles. The van der Waals surface area contributed by atoms with Crippen LogP contribution in [-0.4, -0.2) is 41.9 Å². The molecule has 0 bridgehead atoms. The van der Waals surface area contributed by atoms with Crippen molar-refractivity contribution < 1.29 is 19.0 Å². The molecule has 1 amide bonds. The maximum Gasteiger partial charge on any atom is 0.269 e. The number of quaternary nitrogens is 1. The van der Waals surface area contributed by atoms with E-state index in [1.54, 1.807) is 17.0 Å². The van der Waals surface area contributed by atoms with Crippen molar-refractivity contribution in [1.82, 2.24) is 4.90 Å². The normalized spacial score (nSPS) is 15.2. The summed E-state index contributed by atoms with van der Waals surface area (Å²) in [5, 5.41) is 10.7. The summed E-state index contributed by atoms with van der Waals surface area (Å²) >= 11 is 0. The van der Waals surface area contributed by atoms with E-state index in [9.17, 15) is 19.3 Å². The van der Waals surface area contributed by atoms with E-state index in [2.05, 4.69) is 0 Å². The highest BCUT2D eigenvalue weighted by atomic mass is 19.1. The quantitative estimate of drug-likeness (QED) is 0.671. The summed E-state index contributed by atoms with van der Waals surface area (Å²) in [6, 6.07) is 12.3. The van der Waals surface area contributed by atoms with Crippen LogP contribution in [0.5, 0.6) is 0 Å². The number of halogens is 1. The number of benzene rings is 2. The van der Waals surface area contributed by atoms with Crippen LogP contribution in [0.2, 0.25) is 0 Å². The minimum Gasteiger partial charge on any atom is -0.328 e. The molecule has 1 fully saturated rings. The number of piperazine rings is 1. The first-order valence-corrected chi connectivity index (χ1v) is 8.14. The number of nitro groups is 1. The average Bonchev–Trinajstić information content (AvgIpc) is 2.62. The molecule has 0 unspecified atom stereocenters. The van der Waals surface area contributed by atoms with Crippen molar-refractivity contribution in [3.05, 3.63) is 75.6 Å². The predicted molar refractivity (Wildman–Crippen MR) is 89.8 cm³/mol. The van der Waals surface area contributed by atoms with Gasteiger partial charge in [-0.1, -0.05) is 12.1 Å². The first kappa shape index (κ1) is 17.0. The minimum atomic E-state index is -0.483. The second-order valence-corrected chi connectivity index (χ2v) is 6.15. The van der Waals surface area contributed by atoms with Crippen LogP contribution in [0.25, 0.3) is 0 Å². The number of non-ortho nitro benzene ring substituents is 1. The van der Waals surface area contributed by atoms with Gasteiger partial charge >= 0.3 is 0 Å². The van der Waals surface area contributed by atoms with E-state index >= 15 is 0 Å². The smallest absolute Gasteiger partial charge is 0.269 e. The fraction of sp³-hybridized carbons (Fsp3) is 0.278. The molecule has 1 aliphatic heterocycles. The molecule has 25 heavy (non-hydrogen) atoms. The van der Waals surface area contributed by atoms with E-state index in [4.69, 9.17) is 0 Å². The van der Waals surface area contributed by atoms with Crippen LogP contribution in [0.3, 0.4) is 0 Å². The molecule has 0 spiro atoms. The zero-order chi connectivity index (χ0) is 17.8. The third kappa shape index (κ3) is 4.19. The van der Waals surface area contributed by atoms with Crippen molar-refractivity contribution in [3.63, 3.8) is 0 Å². The molecule has 0 atom stereocenters. The van der Waals surface area contributed by atoms with Gasteiger partial charge in [0.05, 0.1) is 31.1 Å². The second kappa shape index (κ2) is 7.40. The molecule has 2 aromatic rings. The summed E-state index contributed by atoms with van der Waals surface area (Å²) in [5.74, 6) is -0.344. The summed E-state index contributed by atoms with van der Waals surface area (Å²) in [5.41, 5.74) is 1.38. The van der Waals surface area contributed by atoms with Gasteiger partial charge in [0.25, 0.3) is 11.6 Å². The molecule has 7 heteroatoms. The standard InChI is InChI=1S/C18H18FN3O3/c19-16-3-1-2-14(12-16)13-20-8-10-21(11-9-20)18(23)15-4-6-17(7-5-15)22(24)25/h1-7,12H,8-11,13H2/p+1.